The molecule has 1 heteroatoms. The molecule has 0 amide bonds. The largest absolute Gasteiger partial charge is 0.0834 e. The molecule has 0 fully saturated rings. The third-order valence-corrected chi connectivity index (χ3v) is 5.09. The normalized spacial score (nSPS) is 12.5. The summed E-state index contributed by atoms with van der Waals surface area (Å²) in [5.74, 6) is 0.515. The standard InChI is InChI=1S/C21H41S/c1-3-4-5-6-7-8-9-10-11-12-13-14-15-16-17-18-19-21(2)20-22/h21H,3-19H2,1-2H3. The van der Waals surface area contributed by atoms with Crippen LogP contribution in [0.3, 0.4) is 0 Å². The highest BCUT2D eigenvalue weighted by molar-refractivity contribution is 7.79. The van der Waals surface area contributed by atoms with Crippen LogP contribution in [0, 0.1) is 5.92 Å². The lowest BCUT2D eigenvalue weighted by atomic mass is 10.0. The minimum atomic E-state index is 0.515. The fourth-order valence-electron chi connectivity index (χ4n) is 3.06. The molecule has 0 saturated carbocycles. The van der Waals surface area contributed by atoms with E-state index in [1.54, 1.807) is 0 Å². The Kier molecular flexibility index (Phi) is 19.2. The topological polar surface area (TPSA) is 0 Å². The molecule has 0 aromatic carbocycles. The molecule has 0 N–H and O–H groups in total. The molecular weight excluding hydrogens is 284 g/mol. The summed E-state index contributed by atoms with van der Waals surface area (Å²) in [6.07, 6.45) is 24.3. The molecule has 0 aliphatic carbocycles. The fraction of sp³-hybridized carbons (Fsp3) is 0.952. The van der Waals surface area contributed by atoms with Gasteiger partial charge in [0.25, 0.3) is 0 Å². The quantitative estimate of drug-likeness (QED) is 0.181. The molecule has 1 unspecified atom stereocenters. The smallest absolute Gasteiger partial charge is 0.0322 e. The van der Waals surface area contributed by atoms with Crippen molar-refractivity contribution in [2.45, 2.75) is 123 Å². The lowest BCUT2D eigenvalue weighted by Gasteiger charge is -2.05. The van der Waals surface area contributed by atoms with Crippen molar-refractivity contribution in [3.8, 4) is 0 Å². The van der Waals surface area contributed by atoms with Gasteiger partial charge in [-0.25, -0.2) is 0 Å². The predicted molar refractivity (Wildman–Crippen MR) is 106 cm³/mol. The third-order valence-electron chi connectivity index (χ3n) is 4.69. The van der Waals surface area contributed by atoms with Gasteiger partial charge in [0, 0.05) is 5.37 Å². The molecule has 22 heavy (non-hydrogen) atoms. The monoisotopic (exact) mass is 325 g/mol. The van der Waals surface area contributed by atoms with Crippen molar-refractivity contribution in [3.05, 3.63) is 0 Å². The van der Waals surface area contributed by atoms with Crippen LogP contribution in [0.1, 0.15) is 123 Å². The Bertz CT molecular complexity index is 212. The first-order valence-electron chi connectivity index (χ1n) is 10.2. The van der Waals surface area contributed by atoms with Crippen LogP contribution in [0.2, 0.25) is 0 Å². The van der Waals surface area contributed by atoms with Crippen molar-refractivity contribution in [1.82, 2.24) is 0 Å². The van der Waals surface area contributed by atoms with Gasteiger partial charge in [-0.1, -0.05) is 129 Å². The van der Waals surface area contributed by atoms with E-state index in [2.05, 4.69) is 19.2 Å². The maximum atomic E-state index is 4.83. The molecule has 1 atom stereocenters. The number of unbranched alkanes of at least 4 members (excludes halogenated alkanes) is 15. The zero-order chi connectivity index (χ0) is 16.3. The van der Waals surface area contributed by atoms with Crippen molar-refractivity contribution < 1.29 is 0 Å². The van der Waals surface area contributed by atoms with Crippen molar-refractivity contribution in [2.75, 3.05) is 0 Å². The Labute approximate surface area is 146 Å². The average Bonchev–Trinajstić information content (AvgIpc) is 2.54. The van der Waals surface area contributed by atoms with Gasteiger partial charge in [-0.3, -0.25) is 0 Å². The second kappa shape index (κ2) is 19.1. The van der Waals surface area contributed by atoms with Gasteiger partial charge in [-0.05, 0) is 12.3 Å². The summed E-state index contributed by atoms with van der Waals surface area (Å²) < 4.78 is 0. The fourth-order valence-corrected chi connectivity index (χ4v) is 3.18. The van der Waals surface area contributed by atoms with Crippen LogP contribution in [-0.4, -0.2) is 5.37 Å². The van der Waals surface area contributed by atoms with Gasteiger partial charge in [-0.2, -0.15) is 0 Å². The van der Waals surface area contributed by atoms with Crippen molar-refractivity contribution in [2.24, 2.45) is 5.92 Å². The Balaban J connectivity index is 2.98. The third kappa shape index (κ3) is 18.1. The average molecular weight is 326 g/mol. The van der Waals surface area contributed by atoms with E-state index in [4.69, 9.17) is 12.2 Å². The highest BCUT2D eigenvalue weighted by atomic mass is 32.1. The number of thiocarbonyl (C=S) groups is 1. The van der Waals surface area contributed by atoms with Gasteiger partial charge in [0.1, 0.15) is 0 Å². The summed E-state index contributed by atoms with van der Waals surface area (Å²) in [4.78, 5) is 0. The lowest BCUT2D eigenvalue weighted by Crippen LogP contribution is -1.93. The highest BCUT2D eigenvalue weighted by Crippen LogP contribution is 2.14. The second-order valence-corrected chi connectivity index (χ2v) is 7.35. The molecule has 0 saturated heterocycles. The molecule has 0 aromatic heterocycles. The maximum Gasteiger partial charge on any atom is 0.0322 e. The number of hydrogen-bond donors (Lipinski definition) is 0. The van der Waals surface area contributed by atoms with E-state index >= 15 is 0 Å². The van der Waals surface area contributed by atoms with Gasteiger partial charge in [0.15, 0.2) is 0 Å². The molecule has 0 rings (SSSR count). The Morgan fingerprint density at radius 2 is 0.909 bits per heavy atom. The molecule has 0 aromatic rings. The van der Waals surface area contributed by atoms with Crippen LogP contribution in [-0.2, 0) is 0 Å². The van der Waals surface area contributed by atoms with E-state index in [9.17, 15) is 0 Å². The molecule has 0 bridgehead atoms. The summed E-state index contributed by atoms with van der Waals surface area (Å²) >= 11 is 4.83. The van der Waals surface area contributed by atoms with E-state index in [0.717, 1.165) is 0 Å². The molecule has 0 aliphatic heterocycles. The minimum Gasteiger partial charge on any atom is -0.0834 e. The van der Waals surface area contributed by atoms with Gasteiger partial charge in [0.2, 0.25) is 0 Å². The minimum absolute atomic E-state index is 0.515. The molecule has 0 nitrogen and oxygen atoms in total. The summed E-state index contributed by atoms with van der Waals surface area (Å²) in [6, 6.07) is 0. The number of hydrogen-bond acceptors (Lipinski definition) is 1. The molecular formula is C21H41S. The van der Waals surface area contributed by atoms with E-state index < -0.39 is 0 Å². The van der Waals surface area contributed by atoms with Crippen LogP contribution in [0.15, 0.2) is 0 Å². The summed E-state index contributed by atoms with van der Waals surface area (Å²) in [5, 5.41) is 2.90. The number of rotatable bonds is 18. The van der Waals surface area contributed by atoms with Crippen LogP contribution >= 0.6 is 12.2 Å². The van der Waals surface area contributed by atoms with Gasteiger partial charge in [0.05, 0.1) is 0 Å². The zero-order valence-electron chi connectivity index (χ0n) is 15.5. The van der Waals surface area contributed by atoms with Crippen molar-refractivity contribution in [1.29, 1.82) is 0 Å². The van der Waals surface area contributed by atoms with E-state index in [0.29, 0.717) is 5.92 Å². The molecule has 131 valence electrons. The summed E-state index contributed by atoms with van der Waals surface area (Å²) in [5.41, 5.74) is 0. The predicted octanol–water partition coefficient (Wildman–Crippen LogP) is 8.15. The Morgan fingerprint density at radius 1 is 0.591 bits per heavy atom. The summed E-state index contributed by atoms with van der Waals surface area (Å²) in [6.45, 7) is 4.47. The maximum absolute atomic E-state index is 4.83. The molecule has 0 spiro atoms. The van der Waals surface area contributed by atoms with Crippen LogP contribution in [0.5, 0.6) is 0 Å². The van der Waals surface area contributed by atoms with Gasteiger partial charge in [-0.15, -0.1) is 0 Å². The molecule has 0 heterocycles. The van der Waals surface area contributed by atoms with E-state index in [-0.39, 0.29) is 0 Å². The van der Waals surface area contributed by atoms with Crippen LogP contribution < -0.4 is 0 Å². The SMILES string of the molecule is CCCCCCCCCCCCCCCCCCC(C)[C]=S. The Morgan fingerprint density at radius 3 is 1.23 bits per heavy atom. The van der Waals surface area contributed by atoms with Crippen molar-refractivity contribution >= 4 is 17.6 Å². The molecule has 1 radical (unpaired) electrons. The van der Waals surface area contributed by atoms with Crippen molar-refractivity contribution in [3.63, 3.8) is 0 Å². The Hall–Kier alpha value is 0.0900. The van der Waals surface area contributed by atoms with E-state index in [1.807, 2.05) is 0 Å². The lowest BCUT2D eigenvalue weighted by molar-refractivity contribution is 0.522. The van der Waals surface area contributed by atoms with Crippen LogP contribution in [0.25, 0.3) is 0 Å². The first kappa shape index (κ1) is 22.1. The molecule has 0 aliphatic rings. The summed E-state index contributed by atoms with van der Waals surface area (Å²) in [7, 11) is 0. The first-order valence-corrected chi connectivity index (χ1v) is 10.6. The highest BCUT2D eigenvalue weighted by Gasteiger charge is 1.98. The van der Waals surface area contributed by atoms with Crippen LogP contribution in [0.4, 0.5) is 0 Å². The van der Waals surface area contributed by atoms with Gasteiger partial charge >= 0.3 is 0 Å². The first-order chi connectivity index (χ1) is 10.8. The zero-order valence-corrected chi connectivity index (χ0v) is 16.3. The second-order valence-electron chi connectivity index (χ2n) is 7.11. The van der Waals surface area contributed by atoms with Gasteiger partial charge < -0.3 is 0 Å². The van der Waals surface area contributed by atoms with E-state index in [1.165, 1.54) is 109 Å².